The predicted octanol–water partition coefficient (Wildman–Crippen LogP) is 0.278. The molecule has 0 aliphatic carbocycles. The Morgan fingerprint density at radius 3 is 2.75 bits per heavy atom. The minimum Gasteiger partial charge on any atom is -0.480 e. The first-order valence-electron chi connectivity index (χ1n) is 5.01. The summed E-state index contributed by atoms with van der Waals surface area (Å²) in [6.45, 7) is 4.37. The summed E-state index contributed by atoms with van der Waals surface area (Å²) in [5.74, 6) is 0.417. The van der Waals surface area contributed by atoms with E-state index in [1.54, 1.807) is 0 Å². The number of carboxylic acids is 1. The topological polar surface area (TPSA) is 80.0 Å². The molecule has 0 aliphatic rings. The summed E-state index contributed by atoms with van der Waals surface area (Å²) in [4.78, 5) is 10.9. The smallest absolute Gasteiger partial charge is 0.321 e. The van der Waals surface area contributed by atoms with Crippen LogP contribution in [0.5, 0.6) is 0 Å². The van der Waals surface area contributed by atoms with Crippen molar-refractivity contribution in [3.63, 3.8) is 0 Å². The van der Waals surface area contributed by atoms with Crippen LogP contribution >= 0.6 is 11.8 Å². The van der Waals surface area contributed by atoms with Gasteiger partial charge in [0.25, 0.3) is 0 Å². The molecule has 7 heteroatoms. The number of carbonyl (C=O) groups is 1. The van der Waals surface area contributed by atoms with Crippen LogP contribution in [-0.2, 0) is 11.8 Å². The van der Waals surface area contributed by atoms with Gasteiger partial charge in [-0.1, -0.05) is 18.7 Å². The van der Waals surface area contributed by atoms with Crippen LogP contribution in [0.15, 0.2) is 5.16 Å². The Hall–Kier alpha value is -1.08. The van der Waals surface area contributed by atoms with E-state index in [2.05, 4.69) is 15.5 Å². The summed E-state index contributed by atoms with van der Waals surface area (Å²) >= 11 is 1.39. The van der Waals surface area contributed by atoms with Crippen molar-refractivity contribution in [2.24, 2.45) is 7.05 Å². The second-order valence-corrected chi connectivity index (χ2v) is 4.34. The van der Waals surface area contributed by atoms with E-state index < -0.39 is 12.0 Å². The van der Waals surface area contributed by atoms with E-state index in [0.29, 0.717) is 12.3 Å². The van der Waals surface area contributed by atoms with Gasteiger partial charge in [0.05, 0.1) is 0 Å². The molecule has 0 aliphatic heterocycles. The van der Waals surface area contributed by atoms with Crippen LogP contribution in [0, 0.1) is 6.92 Å². The average Bonchev–Trinajstić information content (AvgIpc) is 2.55. The van der Waals surface area contributed by atoms with Crippen molar-refractivity contribution in [3.05, 3.63) is 5.82 Å². The molecule has 0 bridgehead atoms. The molecule has 0 radical (unpaired) electrons. The molecule has 0 amide bonds. The van der Waals surface area contributed by atoms with Gasteiger partial charge in [0.2, 0.25) is 0 Å². The SMILES string of the molecule is CCNC(CSc1nnc(C)n1C)C(=O)O. The Morgan fingerprint density at radius 1 is 1.62 bits per heavy atom. The second-order valence-electron chi connectivity index (χ2n) is 3.35. The first-order chi connectivity index (χ1) is 7.56. The van der Waals surface area contributed by atoms with E-state index in [1.165, 1.54) is 11.8 Å². The Kier molecular flexibility index (Phi) is 4.75. The Balaban J connectivity index is 2.55. The maximum absolute atomic E-state index is 10.9. The number of nitrogens with one attached hydrogen (secondary N) is 1. The lowest BCUT2D eigenvalue weighted by Crippen LogP contribution is -2.38. The number of carboxylic acid groups (broad SMARTS) is 1. The third kappa shape index (κ3) is 3.21. The van der Waals surface area contributed by atoms with Crippen LogP contribution in [0.1, 0.15) is 12.7 Å². The van der Waals surface area contributed by atoms with Gasteiger partial charge in [-0.15, -0.1) is 10.2 Å². The maximum atomic E-state index is 10.9. The molecule has 6 nitrogen and oxygen atoms in total. The number of thioether (sulfide) groups is 1. The van der Waals surface area contributed by atoms with E-state index in [1.807, 2.05) is 25.5 Å². The molecule has 90 valence electrons. The van der Waals surface area contributed by atoms with Gasteiger partial charge in [0, 0.05) is 12.8 Å². The first kappa shape index (κ1) is 13.0. The lowest BCUT2D eigenvalue weighted by molar-refractivity contribution is -0.138. The highest BCUT2D eigenvalue weighted by atomic mass is 32.2. The standard InChI is InChI=1S/C9H16N4O2S/c1-4-10-7(8(14)15)5-16-9-12-11-6(2)13(9)3/h7,10H,4-5H2,1-3H3,(H,14,15). The van der Waals surface area contributed by atoms with Crippen LogP contribution in [0.2, 0.25) is 0 Å². The molecule has 1 aromatic rings. The van der Waals surface area contributed by atoms with Crippen molar-refractivity contribution in [1.82, 2.24) is 20.1 Å². The molecular weight excluding hydrogens is 228 g/mol. The van der Waals surface area contributed by atoms with E-state index >= 15 is 0 Å². The second kappa shape index (κ2) is 5.86. The zero-order valence-corrected chi connectivity index (χ0v) is 10.4. The van der Waals surface area contributed by atoms with Gasteiger partial charge < -0.3 is 15.0 Å². The molecule has 0 spiro atoms. The molecule has 1 rings (SSSR count). The molecule has 16 heavy (non-hydrogen) atoms. The highest BCUT2D eigenvalue weighted by molar-refractivity contribution is 7.99. The third-order valence-electron chi connectivity index (χ3n) is 2.18. The van der Waals surface area contributed by atoms with Gasteiger partial charge in [0.1, 0.15) is 11.9 Å². The molecule has 1 heterocycles. The minimum absolute atomic E-state index is 0.440. The quantitative estimate of drug-likeness (QED) is 0.700. The van der Waals surface area contributed by atoms with Crippen molar-refractivity contribution >= 4 is 17.7 Å². The largest absolute Gasteiger partial charge is 0.480 e. The summed E-state index contributed by atoms with van der Waals surface area (Å²) < 4.78 is 1.84. The minimum atomic E-state index is -0.840. The molecule has 1 atom stereocenters. The van der Waals surface area contributed by atoms with Crippen molar-refractivity contribution in [1.29, 1.82) is 0 Å². The Morgan fingerprint density at radius 2 is 2.31 bits per heavy atom. The van der Waals surface area contributed by atoms with Crippen molar-refractivity contribution in [2.75, 3.05) is 12.3 Å². The molecule has 1 unspecified atom stereocenters. The predicted molar refractivity (Wildman–Crippen MR) is 61.6 cm³/mol. The lowest BCUT2D eigenvalue weighted by Gasteiger charge is -2.11. The van der Waals surface area contributed by atoms with Crippen molar-refractivity contribution in [2.45, 2.75) is 25.0 Å². The zero-order valence-electron chi connectivity index (χ0n) is 9.60. The number of nitrogens with zero attached hydrogens (tertiary/aromatic N) is 3. The van der Waals surface area contributed by atoms with Gasteiger partial charge in [-0.25, -0.2) is 0 Å². The van der Waals surface area contributed by atoms with E-state index in [4.69, 9.17) is 5.11 Å². The first-order valence-corrected chi connectivity index (χ1v) is 5.99. The van der Waals surface area contributed by atoms with Crippen molar-refractivity contribution in [3.8, 4) is 0 Å². The van der Waals surface area contributed by atoms with Gasteiger partial charge in [0.15, 0.2) is 5.16 Å². The zero-order chi connectivity index (χ0) is 12.1. The maximum Gasteiger partial charge on any atom is 0.321 e. The number of hydrogen-bond donors (Lipinski definition) is 2. The summed E-state index contributed by atoms with van der Waals surface area (Å²) in [6.07, 6.45) is 0. The molecule has 0 aromatic carbocycles. The summed E-state index contributed by atoms with van der Waals surface area (Å²) in [7, 11) is 1.86. The van der Waals surface area contributed by atoms with Gasteiger partial charge in [-0.2, -0.15) is 0 Å². The number of aliphatic carboxylic acids is 1. The summed E-state index contributed by atoms with van der Waals surface area (Å²) in [5, 5.41) is 20.4. The molecular formula is C9H16N4O2S. The normalized spacial score (nSPS) is 12.7. The fourth-order valence-corrected chi connectivity index (χ4v) is 2.14. The van der Waals surface area contributed by atoms with Crippen LogP contribution in [-0.4, -0.2) is 44.2 Å². The van der Waals surface area contributed by atoms with Gasteiger partial charge in [-0.05, 0) is 13.5 Å². The van der Waals surface area contributed by atoms with Gasteiger partial charge >= 0.3 is 5.97 Å². The highest BCUT2D eigenvalue weighted by Crippen LogP contribution is 2.16. The number of aryl methyl sites for hydroxylation is 1. The molecule has 0 saturated heterocycles. The summed E-state index contributed by atoms with van der Waals surface area (Å²) in [6, 6.07) is -0.549. The number of likely N-dealkylation sites (N-methyl/N-ethyl adjacent to an activating group) is 1. The monoisotopic (exact) mass is 244 g/mol. The van der Waals surface area contributed by atoms with Gasteiger partial charge in [-0.3, -0.25) is 4.79 Å². The van der Waals surface area contributed by atoms with E-state index in [-0.39, 0.29) is 0 Å². The fraction of sp³-hybridized carbons (Fsp3) is 0.667. The van der Waals surface area contributed by atoms with Crippen LogP contribution < -0.4 is 5.32 Å². The molecule has 1 aromatic heterocycles. The lowest BCUT2D eigenvalue weighted by atomic mass is 10.3. The molecule has 0 saturated carbocycles. The average molecular weight is 244 g/mol. The van der Waals surface area contributed by atoms with Crippen LogP contribution in [0.4, 0.5) is 0 Å². The Bertz CT molecular complexity index is 366. The molecule has 0 fully saturated rings. The van der Waals surface area contributed by atoms with E-state index in [0.717, 1.165) is 11.0 Å². The number of hydrogen-bond acceptors (Lipinski definition) is 5. The fourth-order valence-electron chi connectivity index (χ4n) is 1.14. The number of aromatic nitrogens is 3. The van der Waals surface area contributed by atoms with E-state index in [9.17, 15) is 4.79 Å². The third-order valence-corrected chi connectivity index (χ3v) is 3.29. The highest BCUT2D eigenvalue weighted by Gasteiger charge is 2.17. The summed E-state index contributed by atoms with van der Waals surface area (Å²) in [5.41, 5.74) is 0. The molecule has 2 N–H and O–H groups in total. The number of rotatable bonds is 6. The van der Waals surface area contributed by atoms with Crippen molar-refractivity contribution < 1.29 is 9.90 Å². The van der Waals surface area contributed by atoms with Crippen LogP contribution in [0.3, 0.4) is 0 Å². The Labute approximate surface area is 98.4 Å². The van der Waals surface area contributed by atoms with Crippen LogP contribution in [0.25, 0.3) is 0 Å².